The maximum absolute atomic E-state index is 12.1. The zero-order valence-electron chi connectivity index (χ0n) is 17.4. The zero-order chi connectivity index (χ0) is 23.3. The number of phenolic OH excluding ortho intramolecular Hbond substituents is 1. The molecule has 0 atom stereocenters. The molecule has 166 valence electrons. The molecule has 0 aromatic heterocycles. The van der Waals surface area contributed by atoms with Gasteiger partial charge >= 0.3 is 0 Å². The van der Waals surface area contributed by atoms with Gasteiger partial charge in [-0.15, -0.1) is 0 Å². The van der Waals surface area contributed by atoms with E-state index in [4.69, 9.17) is 39.5 Å². The second-order valence-electron chi connectivity index (χ2n) is 7.36. The van der Waals surface area contributed by atoms with E-state index >= 15 is 0 Å². The number of halogens is 3. The van der Waals surface area contributed by atoms with Gasteiger partial charge in [-0.05, 0) is 52.9 Å². The van der Waals surface area contributed by atoms with Crippen LogP contribution in [0.5, 0.6) is 11.5 Å². The van der Waals surface area contributed by atoms with Gasteiger partial charge in [-0.2, -0.15) is 5.10 Å². The minimum atomic E-state index is -0.483. The van der Waals surface area contributed by atoms with Crippen molar-refractivity contribution in [3.63, 3.8) is 0 Å². The molecule has 0 spiro atoms. The Morgan fingerprint density at radius 2 is 1.69 bits per heavy atom. The highest BCUT2D eigenvalue weighted by Gasteiger charge is 2.11. The van der Waals surface area contributed by atoms with Crippen LogP contribution in [0.4, 0.5) is 0 Å². The number of carbonyl (C=O) groups is 1. The van der Waals surface area contributed by atoms with Crippen LogP contribution in [0.2, 0.25) is 15.1 Å². The number of hydrogen-bond donors (Lipinski definition) is 2. The number of ether oxygens (including phenoxy) is 1. The molecule has 2 N–H and O–H groups in total. The van der Waals surface area contributed by atoms with Crippen LogP contribution < -0.4 is 10.2 Å². The number of amides is 1. The second kappa shape index (κ2) is 10.7. The fourth-order valence-electron chi connectivity index (χ4n) is 2.82. The SMILES string of the molecule is CC(C)c1ccc(COc2c(Cl)cc(C=NNC(=O)c3ccc(O)c(Cl)c3)cc2Cl)cc1. The third-order valence-electron chi connectivity index (χ3n) is 4.64. The molecule has 0 saturated carbocycles. The van der Waals surface area contributed by atoms with Crippen molar-refractivity contribution in [2.24, 2.45) is 5.10 Å². The van der Waals surface area contributed by atoms with Crippen molar-refractivity contribution < 1.29 is 14.6 Å². The molecular weight excluding hydrogens is 471 g/mol. The number of nitrogens with zero attached hydrogens (tertiary/aromatic N) is 1. The highest BCUT2D eigenvalue weighted by Crippen LogP contribution is 2.34. The van der Waals surface area contributed by atoms with Gasteiger partial charge in [0.25, 0.3) is 5.91 Å². The Morgan fingerprint density at radius 1 is 1.03 bits per heavy atom. The van der Waals surface area contributed by atoms with Crippen molar-refractivity contribution in [3.8, 4) is 11.5 Å². The van der Waals surface area contributed by atoms with Crippen LogP contribution in [0.3, 0.4) is 0 Å². The lowest BCUT2D eigenvalue weighted by Crippen LogP contribution is -2.17. The second-order valence-corrected chi connectivity index (χ2v) is 8.59. The molecule has 0 bridgehead atoms. The number of rotatable bonds is 7. The minimum Gasteiger partial charge on any atom is -0.506 e. The van der Waals surface area contributed by atoms with E-state index in [1.54, 1.807) is 12.1 Å². The molecule has 3 rings (SSSR count). The quantitative estimate of drug-likeness (QED) is 0.281. The summed E-state index contributed by atoms with van der Waals surface area (Å²) in [5.41, 5.74) is 5.48. The van der Waals surface area contributed by atoms with E-state index in [1.165, 1.54) is 30.0 Å². The fourth-order valence-corrected chi connectivity index (χ4v) is 3.62. The van der Waals surface area contributed by atoms with Crippen molar-refractivity contribution in [2.45, 2.75) is 26.4 Å². The summed E-state index contributed by atoms with van der Waals surface area (Å²) in [5.74, 6) is 0.252. The van der Waals surface area contributed by atoms with E-state index in [9.17, 15) is 9.90 Å². The molecule has 0 heterocycles. The molecular formula is C24H21Cl3N2O3. The van der Waals surface area contributed by atoms with Crippen LogP contribution in [0.25, 0.3) is 0 Å². The molecule has 3 aromatic rings. The average molecular weight is 492 g/mol. The summed E-state index contributed by atoms with van der Waals surface area (Å²) in [5, 5.41) is 14.1. The molecule has 5 nitrogen and oxygen atoms in total. The molecule has 8 heteroatoms. The zero-order valence-corrected chi connectivity index (χ0v) is 19.7. The summed E-state index contributed by atoms with van der Waals surface area (Å²) in [7, 11) is 0. The molecule has 0 aliphatic rings. The maximum Gasteiger partial charge on any atom is 0.271 e. The van der Waals surface area contributed by atoms with Crippen molar-refractivity contribution in [1.82, 2.24) is 5.43 Å². The molecule has 0 saturated heterocycles. The number of phenols is 1. The van der Waals surface area contributed by atoms with Crippen LogP contribution in [-0.2, 0) is 6.61 Å². The van der Waals surface area contributed by atoms with Gasteiger partial charge in [-0.25, -0.2) is 5.43 Å². The van der Waals surface area contributed by atoms with Crippen LogP contribution in [0.1, 0.15) is 46.8 Å². The largest absolute Gasteiger partial charge is 0.506 e. The van der Waals surface area contributed by atoms with Gasteiger partial charge in [0, 0.05) is 5.56 Å². The van der Waals surface area contributed by atoms with E-state index in [-0.39, 0.29) is 16.3 Å². The van der Waals surface area contributed by atoms with Crippen LogP contribution in [-0.4, -0.2) is 17.2 Å². The Morgan fingerprint density at radius 3 is 2.28 bits per heavy atom. The van der Waals surface area contributed by atoms with Gasteiger partial charge in [0.1, 0.15) is 12.4 Å². The summed E-state index contributed by atoms with van der Waals surface area (Å²) < 4.78 is 5.82. The van der Waals surface area contributed by atoms with Gasteiger partial charge < -0.3 is 9.84 Å². The minimum absolute atomic E-state index is 0.0756. The highest BCUT2D eigenvalue weighted by atomic mass is 35.5. The number of hydrazone groups is 1. The van der Waals surface area contributed by atoms with Gasteiger partial charge in [-0.3, -0.25) is 4.79 Å². The first-order valence-corrected chi connectivity index (χ1v) is 10.9. The molecule has 0 fully saturated rings. The third kappa shape index (κ3) is 6.16. The monoisotopic (exact) mass is 490 g/mol. The molecule has 0 unspecified atom stereocenters. The summed E-state index contributed by atoms with van der Waals surface area (Å²) in [6.07, 6.45) is 1.41. The van der Waals surface area contributed by atoms with Crippen LogP contribution >= 0.6 is 34.8 Å². The van der Waals surface area contributed by atoms with E-state index in [0.29, 0.717) is 33.9 Å². The predicted molar refractivity (Wildman–Crippen MR) is 130 cm³/mol. The summed E-state index contributed by atoms with van der Waals surface area (Å²) in [6, 6.07) is 15.6. The molecule has 32 heavy (non-hydrogen) atoms. The Bertz CT molecular complexity index is 1120. The molecule has 0 aliphatic heterocycles. The number of benzene rings is 3. The third-order valence-corrected chi connectivity index (χ3v) is 5.50. The highest BCUT2D eigenvalue weighted by molar-refractivity contribution is 6.37. The molecule has 1 amide bonds. The van der Waals surface area contributed by atoms with Crippen molar-refractivity contribution in [1.29, 1.82) is 0 Å². The lowest BCUT2D eigenvalue weighted by atomic mass is 10.0. The summed E-state index contributed by atoms with van der Waals surface area (Å²) in [6.45, 7) is 4.62. The molecule has 0 radical (unpaired) electrons. The smallest absolute Gasteiger partial charge is 0.271 e. The van der Waals surface area contributed by atoms with Crippen LogP contribution in [0.15, 0.2) is 59.7 Å². The van der Waals surface area contributed by atoms with Gasteiger partial charge in [-0.1, -0.05) is 72.9 Å². The molecule has 0 aliphatic carbocycles. The Balaban J connectivity index is 1.63. The maximum atomic E-state index is 12.1. The van der Waals surface area contributed by atoms with Crippen LogP contribution in [0, 0.1) is 0 Å². The van der Waals surface area contributed by atoms with Gasteiger partial charge in [0.2, 0.25) is 0 Å². The molecule has 3 aromatic carbocycles. The Kier molecular flexibility index (Phi) is 8.02. The predicted octanol–water partition coefficient (Wildman–Crippen LogP) is 6.82. The lowest BCUT2D eigenvalue weighted by Gasteiger charge is -2.12. The standard InChI is InChI=1S/C24H21Cl3N2O3/c1-14(2)17-5-3-15(4-6-17)13-32-23-20(26)9-16(10-21(23)27)12-28-29-24(31)18-7-8-22(30)19(25)11-18/h3-12,14,30H,13H2,1-2H3,(H,29,31). The summed E-state index contributed by atoms with van der Waals surface area (Å²) in [4.78, 5) is 12.1. The first-order chi connectivity index (χ1) is 15.2. The fraction of sp³-hybridized carbons (Fsp3) is 0.167. The number of hydrogen-bond acceptors (Lipinski definition) is 4. The van der Waals surface area contributed by atoms with E-state index < -0.39 is 5.91 Å². The topological polar surface area (TPSA) is 70.9 Å². The van der Waals surface area contributed by atoms with Gasteiger partial charge in [0.05, 0.1) is 21.3 Å². The Labute approximate surface area is 201 Å². The van der Waals surface area contributed by atoms with Crippen molar-refractivity contribution in [3.05, 3.63) is 91.9 Å². The van der Waals surface area contributed by atoms with E-state index in [1.807, 2.05) is 12.1 Å². The number of carbonyl (C=O) groups excluding carboxylic acids is 1. The van der Waals surface area contributed by atoms with E-state index in [2.05, 4.69) is 36.5 Å². The van der Waals surface area contributed by atoms with E-state index in [0.717, 1.165) is 5.56 Å². The number of aromatic hydroxyl groups is 1. The van der Waals surface area contributed by atoms with Crippen molar-refractivity contribution in [2.75, 3.05) is 0 Å². The first kappa shape index (κ1) is 23.9. The lowest BCUT2D eigenvalue weighted by molar-refractivity contribution is 0.0955. The Hall–Kier alpha value is -2.73. The first-order valence-electron chi connectivity index (χ1n) is 9.77. The van der Waals surface area contributed by atoms with Crippen molar-refractivity contribution >= 4 is 46.9 Å². The normalized spacial score (nSPS) is 11.2. The number of nitrogens with one attached hydrogen (secondary N) is 1. The summed E-state index contributed by atoms with van der Waals surface area (Å²) >= 11 is 18.5. The van der Waals surface area contributed by atoms with Gasteiger partial charge in [0.15, 0.2) is 5.75 Å². The average Bonchev–Trinajstić information content (AvgIpc) is 2.75.